The van der Waals surface area contributed by atoms with Gasteiger partial charge in [-0.2, -0.15) is 0 Å². The van der Waals surface area contributed by atoms with Crippen molar-refractivity contribution in [1.29, 1.82) is 0 Å². The number of hydrogen-bond acceptors (Lipinski definition) is 3. The van der Waals surface area contributed by atoms with Gasteiger partial charge in [-0.25, -0.2) is 0 Å². The number of para-hydroxylation sites is 1. The van der Waals surface area contributed by atoms with Crippen molar-refractivity contribution in [2.75, 3.05) is 19.4 Å². The lowest BCUT2D eigenvalue weighted by atomic mass is 10.1. The zero-order chi connectivity index (χ0) is 17.3. The van der Waals surface area contributed by atoms with E-state index in [-0.39, 0.29) is 11.8 Å². The fraction of sp³-hybridized carbons (Fsp3) is 0.111. The SMILES string of the molecule is CN(C)C(=O)c1ccccc1NC(=O)c1sc2ccccc2c1Cl. The number of thiophene rings is 1. The van der Waals surface area contributed by atoms with Crippen LogP contribution < -0.4 is 5.32 Å². The summed E-state index contributed by atoms with van der Waals surface area (Å²) in [5.41, 5.74) is 0.905. The molecule has 0 saturated carbocycles. The first-order valence-electron chi connectivity index (χ1n) is 7.28. The lowest BCUT2D eigenvalue weighted by molar-refractivity contribution is 0.0828. The Bertz CT molecular complexity index is 934. The molecular formula is C18H15ClN2O2S. The first-order valence-corrected chi connectivity index (χ1v) is 8.47. The molecule has 4 nitrogen and oxygen atoms in total. The van der Waals surface area contributed by atoms with Crippen molar-refractivity contribution in [3.05, 3.63) is 64.0 Å². The summed E-state index contributed by atoms with van der Waals surface area (Å²) in [7, 11) is 3.34. The Labute approximate surface area is 148 Å². The summed E-state index contributed by atoms with van der Waals surface area (Å²) >= 11 is 7.68. The summed E-state index contributed by atoms with van der Waals surface area (Å²) in [6, 6.07) is 14.5. The van der Waals surface area contributed by atoms with E-state index in [4.69, 9.17) is 11.6 Å². The quantitative estimate of drug-likeness (QED) is 0.748. The number of carbonyl (C=O) groups is 2. The second kappa shape index (κ2) is 6.63. The molecule has 0 atom stereocenters. The number of nitrogens with one attached hydrogen (secondary N) is 1. The van der Waals surface area contributed by atoms with Gasteiger partial charge in [0.05, 0.1) is 16.3 Å². The minimum absolute atomic E-state index is 0.173. The van der Waals surface area contributed by atoms with E-state index in [1.54, 1.807) is 38.4 Å². The summed E-state index contributed by atoms with van der Waals surface area (Å²) in [5, 5.41) is 4.09. The number of anilines is 1. The van der Waals surface area contributed by atoms with Crippen LogP contribution in [0.5, 0.6) is 0 Å². The van der Waals surface area contributed by atoms with Gasteiger partial charge in [0, 0.05) is 24.2 Å². The number of halogens is 1. The van der Waals surface area contributed by atoms with Gasteiger partial charge in [-0.05, 0) is 18.2 Å². The van der Waals surface area contributed by atoms with Crippen LogP contribution in [-0.4, -0.2) is 30.8 Å². The average molecular weight is 359 g/mol. The third kappa shape index (κ3) is 3.00. The van der Waals surface area contributed by atoms with Gasteiger partial charge >= 0.3 is 0 Å². The highest BCUT2D eigenvalue weighted by molar-refractivity contribution is 7.21. The van der Waals surface area contributed by atoms with E-state index in [0.29, 0.717) is 21.2 Å². The molecule has 1 heterocycles. The summed E-state index contributed by atoms with van der Waals surface area (Å²) in [6.45, 7) is 0. The smallest absolute Gasteiger partial charge is 0.267 e. The molecule has 0 saturated heterocycles. The highest BCUT2D eigenvalue weighted by Crippen LogP contribution is 2.35. The van der Waals surface area contributed by atoms with Gasteiger partial charge in [0.25, 0.3) is 11.8 Å². The van der Waals surface area contributed by atoms with Crippen LogP contribution in [-0.2, 0) is 0 Å². The molecule has 1 aromatic heterocycles. The zero-order valence-electron chi connectivity index (χ0n) is 13.2. The summed E-state index contributed by atoms with van der Waals surface area (Å²) in [5.74, 6) is -0.492. The monoisotopic (exact) mass is 358 g/mol. The van der Waals surface area contributed by atoms with E-state index >= 15 is 0 Å². The van der Waals surface area contributed by atoms with E-state index in [2.05, 4.69) is 5.32 Å². The van der Waals surface area contributed by atoms with Crippen LogP contribution in [0.3, 0.4) is 0 Å². The molecule has 2 aromatic carbocycles. The van der Waals surface area contributed by atoms with E-state index in [9.17, 15) is 9.59 Å². The predicted octanol–water partition coefficient (Wildman–Crippen LogP) is 4.51. The summed E-state index contributed by atoms with van der Waals surface area (Å²) in [6.07, 6.45) is 0. The van der Waals surface area contributed by atoms with Crippen molar-refractivity contribution in [3.8, 4) is 0 Å². The third-order valence-electron chi connectivity index (χ3n) is 3.55. The number of benzene rings is 2. The Morgan fingerprint density at radius 1 is 1.04 bits per heavy atom. The van der Waals surface area contributed by atoms with Gasteiger partial charge in [-0.15, -0.1) is 11.3 Å². The number of amides is 2. The Morgan fingerprint density at radius 3 is 2.42 bits per heavy atom. The molecule has 0 bridgehead atoms. The Balaban J connectivity index is 1.95. The van der Waals surface area contributed by atoms with Crippen molar-refractivity contribution in [1.82, 2.24) is 4.90 Å². The van der Waals surface area contributed by atoms with Crippen molar-refractivity contribution in [2.24, 2.45) is 0 Å². The Morgan fingerprint density at radius 2 is 1.71 bits per heavy atom. The van der Waals surface area contributed by atoms with Crippen LogP contribution in [0.25, 0.3) is 10.1 Å². The molecule has 3 aromatic rings. The number of hydrogen-bond donors (Lipinski definition) is 1. The van der Waals surface area contributed by atoms with Crippen LogP contribution in [0, 0.1) is 0 Å². The molecular weight excluding hydrogens is 344 g/mol. The third-order valence-corrected chi connectivity index (χ3v) is 5.23. The normalized spacial score (nSPS) is 10.6. The van der Waals surface area contributed by atoms with Crippen molar-refractivity contribution in [2.45, 2.75) is 0 Å². The first kappa shape index (κ1) is 16.5. The number of rotatable bonds is 3. The molecule has 0 fully saturated rings. The fourth-order valence-corrected chi connectivity index (χ4v) is 3.77. The lowest BCUT2D eigenvalue weighted by Crippen LogP contribution is -2.23. The Hall–Kier alpha value is -2.37. The van der Waals surface area contributed by atoms with Crippen LogP contribution in [0.15, 0.2) is 48.5 Å². The molecule has 0 aliphatic rings. The molecule has 122 valence electrons. The largest absolute Gasteiger partial charge is 0.345 e. The first-order chi connectivity index (χ1) is 11.5. The molecule has 3 rings (SSSR count). The second-order valence-corrected chi connectivity index (χ2v) is 6.87. The number of nitrogens with zero attached hydrogens (tertiary/aromatic N) is 1. The molecule has 1 N–H and O–H groups in total. The summed E-state index contributed by atoms with van der Waals surface area (Å²) in [4.78, 5) is 26.8. The maximum absolute atomic E-state index is 12.6. The molecule has 0 spiro atoms. The standard InChI is InChI=1S/C18H15ClN2O2S/c1-21(2)18(23)11-7-3-5-9-13(11)20-17(22)16-15(19)12-8-4-6-10-14(12)24-16/h3-10H,1-2H3,(H,20,22). The topological polar surface area (TPSA) is 49.4 Å². The van der Waals surface area contributed by atoms with Crippen LogP contribution in [0.1, 0.15) is 20.0 Å². The van der Waals surface area contributed by atoms with Crippen molar-refractivity contribution >= 4 is 50.5 Å². The minimum Gasteiger partial charge on any atom is -0.345 e. The van der Waals surface area contributed by atoms with Crippen LogP contribution in [0.2, 0.25) is 5.02 Å². The van der Waals surface area contributed by atoms with Crippen molar-refractivity contribution < 1.29 is 9.59 Å². The molecule has 0 unspecified atom stereocenters. The molecule has 0 aliphatic carbocycles. The highest BCUT2D eigenvalue weighted by atomic mass is 35.5. The second-order valence-electron chi connectivity index (χ2n) is 5.44. The van der Waals surface area contributed by atoms with E-state index in [0.717, 1.165) is 10.1 Å². The minimum atomic E-state index is -0.319. The predicted molar refractivity (Wildman–Crippen MR) is 99.2 cm³/mol. The summed E-state index contributed by atoms with van der Waals surface area (Å²) < 4.78 is 0.949. The highest BCUT2D eigenvalue weighted by Gasteiger charge is 2.19. The van der Waals surface area contributed by atoms with E-state index in [1.165, 1.54) is 16.2 Å². The van der Waals surface area contributed by atoms with Gasteiger partial charge < -0.3 is 10.2 Å². The Kier molecular flexibility index (Phi) is 4.55. The lowest BCUT2D eigenvalue weighted by Gasteiger charge is -2.14. The van der Waals surface area contributed by atoms with E-state index < -0.39 is 0 Å². The molecule has 2 amide bonds. The molecule has 0 radical (unpaired) electrons. The van der Waals surface area contributed by atoms with Gasteiger partial charge in [0.2, 0.25) is 0 Å². The molecule has 6 heteroatoms. The van der Waals surface area contributed by atoms with Gasteiger partial charge in [0.15, 0.2) is 0 Å². The maximum atomic E-state index is 12.6. The number of carbonyl (C=O) groups excluding carboxylic acids is 2. The van der Waals surface area contributed by atoms with Gasteiger partial charge in [-0.1, -0.05) is 41.9 Å². The van der Waals surface area contributed by atoms with Crippen molar-refractivity contribution in [3.63, 3.8) is 0 Å². The fourth-order valence-electron chi connectivity index (χ4n) is 2.36. The van der Waals surface area contributed by atoms with Gasteiger partial charge in [-0.3, -0.25) is 9.59 Å². The van der Waals surface area contributed by atoms with E-state index in [1.807, 2.05) is 24.3 Å². The molecule has 24 heavy (non-hydrogen) atoms. The van der Waals surface area contributed by atoms with Gasteiger partial charge in [0.1, 0.15) is 4.88 Å². The van der Waals surface area contributed by atoms with Crippen LogP contribution >= 0.6 is 22.9 Å². The molecule has 0 aliphatic heterocycles. The maximum Gasteiger partial charge on any atom is 0.267 e. The zero-order valence-corrected chi connectivity index (χ0v) is 14.7. The average Bonchev–Trinajstić information content (AvgIpc) is 2.92. The number of fused-ring (bicyclic) bond motifs is 1. The van der Waals surface area contributed by atoms with Crippen LogP contribution in [0.4, 0.5) is 5.69 Å².